The van der Waals surface area contributed by atoms with Gasteiger partial charge in [-0.1, -0.05) is 48.7 Å². The fraction of sp³-hybridized carbons (Fsp3) is 0.857. The average Bonchev–Trinajstić information content (AvgIpc) is 2.29. The van der Waals surface area contributed by atoms with Crippen molar-refractivity contribution in [3.8, 4) is 0 Å². The molecule has 0 aromatic heterocycles. The molecular weight excluding hydrogens is 369 g/mol. The first kappa shape index (κ1) is 22.6. The highest BCUT2D eigenvalue weighted by atomic mass is 35.6. The van der Waals surface area contributed by atoms with Crippen molar-refractivity contribution in [2.24, 2.45) is 5.92 Å². The number of hydrogen-bond donors (Lipinski definition) is 2. The monoisotopic (exact) mass is 391 g/mol. The summed E-state index contributed by atoms with van der Waals surface area (Å²) in [5.74, 6) is -0.876. The summed E-state index contributed by atoms with van der Waals surface area (Å²) >= 11 is 16.4. The molecule has 0 aliphatic heterocycles. The summed E-state index contributed by atoms with van der Waals surface area (Å²) in [7, 11) is 0. The fourth-order valence-electron chi connectivity index (χ4n) is 1.67. The van der Waals surface area contributed by atoms with Crippen molar-refractivity contribution in [3.63, 3.8) is 0 Å². The number of carbonyl (C=O) groups excluding carboxylic acids is 2. The second-order valence-corrected chi connectivity index (χ2v) is 8.98. The zero-order valence-corrected chi connectivity index (χ0v) is 16.1. The molecule has 2 N–H and O–H groups in total. The number of amides is 1. The molecule has 136 valence electrons. The second-order valence-electron chi connectivity index (χ2n) is 6.46. The molecule has 23 heavy (non-hydrogen) atoms. The molecule has 0 spiro atoms. The van der Waals surface area contributed by atoms with Crippen LogP contribution < -0.4 is 5.32 Å². The first-order valence-corrected chi connectivity index (χ1v) is 8.24. The number of nitrogens with one attached hydrogen (secondary N) is 1. The maximum atomic E-state index is 11.8. The molecule has 0 saturated heterocycles. The second kappa shape index (κ2) is 9.16. The van der Waals surface area contributed by atoms with Crippen LogP contribution in [-0.2, 0) is 14.3 Å². The topological polar surface area (TPSA) is 84.9 Å². The third kappa shape index (κ3) is 11.7. The molecule has 0 aromatic carbocycles. The van der Waals surface area contributed by atoms with E-state index in [9.17, 15) is 14.7 Å². The third-order valence-corrected chi connectivity index (χ3v) is 2.92. The van der Waals surface area contributed by atoms with Crippen LogP contribution in [0, 0.1) is 5.92 Å². The standard InChI is InChI=1S/C14H24Cl3NO5/c1-8(2)11(18-12(21)23-13(3,4)5)9(19)6-10(20)22-7-14(15,16)17/h8-9,11,19H,6-7H2,1-5H3,(H,18,21)/t9-,11+/m0/s1. The lowest BCUT2D eigenvalue weighted by atomic mass is 9.96. The van der Waals surface area contributed by atoms with Crippen molar-refractivity contribution in [2.45, 2.75) is 62.6 Å². The summed E-state index contributed by atoms with van der Waals surface area (Å²) in [6, 6.07) is -0.690. The van der Waals surface area contributed by atoms with Crippen molar-refractivity contribution in [1.29, 1.82) is 0 Å². The van der Waals surface area contributed by atoms with Crippen molar-refractivity contribution >= 4 is 46.9 Å². The number of aliphatic hydroxyl groups excluding tert-OH is 1. The van der Waals surface area contributed by atoms with Gasteiger partial charge in [-0.2, -0.15) is 0 Å². The molecule has 0 radical (unpaired) electrons. The highest BCUT2D eigenvalue weighted by molar-refractivity contribution is 6.67. The van der Waals surface area contributed by atoms with E-state index in [0.29, 0.717) is 0 Å². The summed E-state index contributed by atoms with van der Waals surface area (Å²) in [5, 5.41) is 12.7. The molecule has 0 saturated carbocycles. The Hall–Kier alpha value is -0.430. The van der Waals surface area contributed by atoms with Gasteiger partial charge < -0.3 is 19.9 Å². The lowest BCUT2D eigenvalue weighted by Crippen LogP contribution is -2.49. The number of carbonyl (C=O) groups is 2. The summed E-state index contributed by atoms with van der Waals surface area (Å²) < 4.78 is 8.17. The lowest BCUT2D eigenvalue weighted by Gasteiger charge is -2.28. The van der Waals surface area contributed by atoms with Crippen LogP contribution in [0.5, 0.6) is 0 Å². The SMILES string of the molecule is CC(C)[C@@H](NC(=O)OC(C)(C)C)[C@@H](O)CC(=O)OCC(Cl)(Cl)Cl. The molecule has 0 fully saturated rings. The predicted molar refractivity (Wildman–Crippen MR) is 89.9 cm³/mol. The van der Waals surface area contributed by atoms with E-state index in [1.807, 2.05) is 0 Å². The molecule has 0 unspecified atom stereocenters. The Morgan fingerprint density at radius 3 is 2.09 bits per heavy atom. The van der Waals surface area contributed by atoms with E-state index >= 15 is 0 Å². The Morgan fingerprint density at radius 2 is 1.70 bits per heavy atom. The highest BCUT2D eigenvalue weighted by Gasteiger charge is 2.30. The van der Waals surface area contributed by atoms with Gasteiger partial charge in [0, 0.05) is 0 Å². The Labute approximate surface area is 151 Å². The van der Waals surface area contributed by atoms with E-state index in [-0.39, 0.29) is 12.3 Å². The van der Waals surface area contributed by atoms with Gasteiger partial charge >= 0.3 is 12.1 Å². The molecular formula is C14H24Cl3NO5. The first-order chi connectivity index (χ1) is 10.2. The van der Waals surface area contributed by atoms with Crippen LogP contribution in [0.15, 0.2) is 0 Å². The van der Waals surface area contributed by atoms with Crippen LogP contribution in [0.25, 0.3) is 0 Å². The Balaban J connectivity index is 4.59. The molecule has 9 heteroatoms. The van der Waals surface area contributed by atoms with Gasteiger partial charge in [0.1, 0.15) is 12.2 Å². The Kier molecular flexibility index (Phi) is 8.99. The molecule has 0 aliphatic carbocycles. The van der Waals surface area contributed by atoms with Crippen molar-refractivity contribution < 1.29 is 24.2 Å². The van der Waals surface area contributed by atoms with Crippen LogP contribution >= 0.6 is 34.8 Å². The van der Waals surface area contributed by atoms with E-state index in [1.165, 1.54) is 0 Å². The van der Waals surface area contributed by atoms with Crippen LogP contribution in [-0.4, -0.2) is 45.3 Å². The number of halogens is 3. The largest absolute Gasteiger partial charge is 0.461 e. The molecule has 0 bridgehead atoms. The van der Waals surface area contributed by atoms with E-state index in [4.69, 9.17) is 44.3 Å². The molecule has 0 heterocycles. The number of aliphatic hydroxyl groups is 1. The minimum atomic E-state index is -1.72. The number of alkyl halides is 3. The van der Waals surface area contributed by atoms with Gasteiger partial charge in [-0.25, -0.2) is 4.79 Å². The van der Waals surface area contributed by atoms with Gasteiger partial charge in [-0.3, -0.25) is 4.79 Å². The number of alkyl carbamates (subject to hydrolysis) is 1. The molecule has 6 nitrogen and oxygen atoms in total. The van der Waals surface area contributed by atoms with Gasteiger partial charge in [0.05, 0.1) is 18.6 Å². The van der Waals surface area contributed by atoms with Gasteiger partial charge in [0.2, 0.25) is 3.79 Å². The highest BCUT2D eigenvalue weighted by Crippen LogP contribution is 2.26. The van der Waals surface area contributed by atoms with Crippen LogP contribution in [0.1, 0.15) is 41.0 Å². The zero-order chi connectivity index (χ0) is 18.4. The summed E-state index contributed by atoms with van der Waals surface area (Å²) in [4.78, 5) is 23.4. The number of esters is 1. The minimum absolute atomic E-state index is 0.140. The van der Waals surface area contributed by atoms with Crippen molar-refractivity contribution in [3.05, 3.63) is 0 Å². The summed E-state index contributed by atoms with van der Waals surface area (Å²) in [6.07, 6.45) is -2.19. The molecule has 0 aromatic rings. The maximum Gasteiger partial charge on any atom is 0.407 e. The van der Waals surface area contributed by atoms with Gasteiger partial charge in [-0.05, 0) is 26.7 Å². The minimum Gasteiger partial charge on any atom is -0.461 e. The maximum absolute atomic E-state index is 11.8. The van der Waals surface area contributed by atoms with Crippen LogP contribution in [0.3, 0.4) is 0 Å². The fourth-order valence-corrected chi connectivity index (χ4v) is 1.83. The van der Waals surface area contributed by atoms with E-state index in [2.05, 4.69) is 5.32 Å². The van der Waals surface area contributed by atoms with Gasteiger partial charge in [-0.15, -0.1) is 0 Å². The number of rotatable bonds is 6. The molecule has 0 aliphatic rings. The predicted octanol–water partition coefficient (Wildman–Crippen LogP) is 3.20. The Morgan fingerprint density at radius 1 is 1.17 bits per heavy atom. The Bertz CT molecular complexity index is 404. The average molecular weight is 393 g/mol. The van der Waals surface area contributed by atoms with E-state index in [0.717, 1.165) is 0 Å². The molecule has 2 atom stereocenters. The summed E-state index contributed by atoms with van der Waals surface area (Å²) in [5.41, 5.74) is -0.667. The molecule has 1 amide bonds. The normalized spacial score (nSPS) is 15.0. The van der Waals surface area contributed by atoms with Gasteiger partial charge in [0.15, 0.2) is 0 Å². The number of hydrogen-bond acceptors (Lipinski definition) is 5. The summed E-state index contributed by atoms with van der Waals surface area (Å²) in [6.45, 7) is 8.33. The van der Waals surface area contributed by atoms with E-state index in [1.54, 1.807) is 34.6 Å². The van der Waals surface area contributed by atoms with Crippen LogP contribution in [0.4, 0.5) is 4.79 Å². The first-order valence-electron chi connectivity index (χ1n) is 7.11. The zero-order valence-electron chi connectivity index (χ0n) is 13.9. The van der Waals surface area contributed by atoms with Crippen molar-refractivity contribution in [2.75, 3.05) is 6.61 Å². The molecule has 0 rings (SSSR count). The quantitative estimate of drug-likeness (QED) is 0.535. The van der Waals surface area contributed by atoms with Crippen molar-refractivity contribution in [1.82, 2.24) is 5.32 Å². The smallest absolute Gasteiger partial charge is 0.407 e. The third-order valence-electron chi connectivity index (χ3n) is 2.59. The van der Waals surface area contributed by atoms with Gasteiger partial charge in [0.25, 0.3) is 0 Å². The lowest BCUT2D eigenvalue weighted by molar-refractivity contribution is -0.146. The van der Waals surface area contributed by atoms with E-state index < -0.39 is 40.2 Å². The van der Waals surface area contributed by atoms with Crippen LogP contribution in [0.2, 0.25) is 0 Å². The number of ether oxygens (including phenoxy) is 2.